The van der Waals surface area contributed by atoms with Gasteiger partial charge in [-0.3, -0.25) is 4.90 Å². The summed E-state index contributed by atoms with van der Waals surface area (Å²) in [5.74, 6) is -1.56. The maximum atomic E-state index is 15.5. The molecule has 1 spiro atoms. The van der Waals surface area contributed by atoms with Crippen LogP contribution in [0.25, 0.3) is 0 Å². The van der Waals surface area contributed by atoms with E-state index in [4.69, 9.17) is 18.9 Å². The van der Waals surface area contributed by atoms with Gasteiger partial charge in [-0.2, -0.15) is 0 Å². The summed E-state index contributed by atoms with van der Waals surface area (Å²) in [4.78, 5) is 14.7. The number of carbonyl (C=O) groups is 1. The van der Waals surface area contributed by atoms with Crippen LogP contribution in [0.5, 0.6) is 0 Å². The minimum atomic E-state index is -1.57. The predicted octanol–water partition coefficient (Wildman–Crippen LogP) is 4.06. The van der Waals surface area contributed by atoms with E-state index >= 15 is 4.39 Å². The van der Waals surface area contributed by atoms with Crippen molar-refractivity contribution in [3.8, 4) is 0 Å². The molecule has 3 rings (SSSR count). The molecule has 28 heavy (non-hydrogen) atoms. The van der Waals surface area contributed by atoms with Gasteiger partial charge in [-0.25, -0.2) is 9.18 Å². The first-order valence-corrected chi connectivity index (χ1v) is 10.2. The first-order chi connectivity index (χ1) is 12.6. The van der Waals surface area contributed by atoms with E-state index in [1.807, 2.05) is 41.5 Å². The monoisotopic (exact) mass is 401 g/mol. The molecule has 4 atom stereocenters. The molecule has 0 radical (unpaired) electrons. The second-order valence-corrected chi connectivity index (χ2v) is 10.6. The number of hydrogen-bond donors (Lipinski definition) is 0. The van der Waals surface area contributed by atoms with Crippen LogP contribution in [0.2, 0.25) is 0 Å². The summed E-state index contributed by atoms with van der Waals surface area (Å²) in [6.07, 6.45) is 0.0590. The minimum absolute atomic E-state index is 0.315. The summed E-state index contributed by atoms with van der Waals surface area (Å²) in [6.45, 7) is 14.5. The van der Waals surface area contributed by atoms with Gasteiger partial charge in [0.05, 0.1) is 18.2 Å². The van der Waals surface area contributed by atoms with Gasteiger partial charge in [0.15, 0.2) is 5.79 Å². The van der Waals surface area contributed by atoms with E-state index in [2.05, 4.69) is 0 Å². The molecular formula is C21H36FNO5. The summed E-state index contributed by atoms with van der Waals surface area (Å²) in [5, 5.41) is 0. The van der Waals surface area contributed by atoms with Crippen molar-refractivity contribution in [2.24, 2.45) is 5.92 Å². The number of methoxy groups -OCH3 is 1. The summed E-state index contributed by atoms with van der Waals surface area (Å²) in [6, 6.07) is 0. The second-order valence-electron chi connectivity index (χ2n) is 10.6. The van der Waals surface area contributed by atoms with Crippen LogP contribution in [-0.2, 0) is 18.9 Å². The number of amides is 1. The van der Waals surface area contributed by atoms with Crippen LogP contribution < -0.4 is 0 Å². The van der Waals surface area contributed by atoms with Crippen molar-refractivity contribution in [3.05, 3.63) is 0 Å². The van der Waals surface area contributed by atoms with Crippen molar-refractivity contribution in [2.45, 2.75) is 109 Å². The quantitative estimate of drug-likeness (QED) is 0.698. The van der Waals surface area contributed by atoms with Crippen LogP contribution in [0.15, 0.2) is 0 Å². The predicted molar refractivity (Wildman–Crippen MR) is 103 cm³/mol. The maximum absolute atomic E-state index is 15.5. The number of halogens is 1. The molecule has 7 heteroatoms. The van der Waals surface area contributed by atoms with Gasteiger partial charge in [-0.1, -0.05) is 0 Å². The van der Waals surface area contributed by atoms with E-state index < -0.39 is 52.4 Å². The van der Waals surface area contributed by atoms with E-state index in [9.17, 15) is 4.79 Å². The minimum Gasteiger partial charge on any atom is -0.444 e. The lowest BCUT2D eigenvalue weighted by Gasteiger charge is -2.60. The Hall–Kier alpha value is -0.920. The highest BCUT2D eigenvalue weighted by atomic mass is 19.1. The Bertz CT molecular complexity index is 634. The summed E-state index contributed by atoms with van der Waals surface area (Å²) in [5.41, 5.74) is -3.56. The van der Waals surface area contributed by atoms with Crippen LogP contribution in [0.4, 0.5) is 9.18 Å². The molecule has 0 aromatic carbocycles. The summed E-state index contributed by atoms with van der Waals surface area (Å²) < 4.78 is 39.7. The lowest BCUT2D eigenvalue weighted by Crippen LogP contribution is -2.74. The van der Waals surface area contributed by atoms with Gasteiger partial charge in [-0.15, -0.1) is 0 Å². The third-order valence-corrected chi connectivity index (χ3v) is 6.58. The van der Waals surface area contributed by atoms with Crippen molar-refractivity contribution in [2.75, 3.05) is 13.7 Å². The van der Waals surface area contributed by atoms with Crippen LogP contribution in [-0.4, -0.2) is 65.1 Å². The number of rotatable bonds is 2. The molecule has 0 bridgehead atoms. The fourth-order valence-electron chi connectivity index (χ4n) is 4.90. The number of likely N-dealkylation sites (tertiary alicyclic amines) is 1. The van der Waals surface area contributed by atoms with E-state index in [0.717, 1.165) is 12.8 Å². The standard InChI is InChI=1S/C21H36FNO5/c1-17(2,3)28-16(24)23-12-13-14(15(18(4,5)22)21(23)10-11-21)27-20(8,25-9)19(6,7)26-13/h13-15H,10-12H2,1-9H3/t13-,14+,15+,20+/m1/s1. The zero-order valence-electron chi connectivity index (χ0n) is 18.7. The number of hydrogen-bond acceptors (Lipinski definition) is 5. The Morgan fingerprint density at radius 2 is 1.68 bits per heavy atom. The average Bonchev–Trinajstić information content (AvgIpc) is 3.25. The molecule has 6 nitrogen and oxygen atoms in total. The Kier molecular flexibility index (Phi) is 4.89. The van der Waals surface area contributed by atoms with E-state index in [1.54, 1.807) is 25.9 Å². The molecule has 162 valence electrons. The molecule has 3 fully saturated rings. The number of nitrogens with zero attached hydrogens (tertiary/aromatic N) is 1. The van der Waals surface area contributed by atoms with Crippen molar-refractivity contribution in [3.63, 3.8) is 0 Å². The molecule has 2 heterocycles. The third-order valence-electron chi connectivity index (χ3n) is 6.58. The number of carbonyl (C=O) groups excluding carboxylic acids is 1. The van der Waals surface area contributed by atoms with Crippen molar-refractivity contribution in [1.29, 1.82) is 0 Å². The molecule has 0 unspecified atom stereocenters. The third kappa shape index (κ3) is 3.43. The smallest absolute Gasteiger partial charge is 0.410 e. The number of alkyl halides is 1. The lowest BCUT2D eigenvalue weighted by atomic mass is 9.72. The fourth-order valence-corrected chi connectivity index (χ4v) is 4.90. The van der Waals surface area contributed by atoms with Crippen molar-refractivity contribution < 1.29 is 28.1 Å². The van der Waals surface area contributed by atoms with Gasteiger partial charge in [-0.05, 0) is 68.2 Å². The SMILES string of the molecule is CO[C@@]1(C)O[C@H]2[C@@H](CN(C(=O)OC(C)(C)C)C3(CC3)[C@@H]2C(C)(C)F)OC1(C)C. The largest absolute Gasteiger partial charge is 0.444 e. The van der Waals surface area contributed by atoms with Gasteiger partial charge in [0.1, 0.15) is 23.0 Å². The zero-order chi connectivity index (χ0) is 21.3. The van der Waals surface area contributed by atoms with E-state index in [-0.39, 0.29) is 0 Å². The van der Waals surface area contributed by atoms with Crippen molar-refractivity contribution in [1.82, 2.24) is 4.90 Å². The van der Waals surface area contributed by atoms with Crippen LogP contribution in [0.1, 0.15) is 68.2 Å². The highest BCUT2D eigenvalue weighted by molar-refractivity contribution is 5.70. The molecule has 0 N–H and O–H groups in total. The number of fused-ring (bicyclic) bond motifs is 1. The molecular weight excluding hydrogens is 365 g/mol. The van der Waals surface area contributed by atoms with Crippen LogP contribution >= 0.6 is 0 Å². The highest BCUT2D eigenvalue weighted by Crippen LogP contribution is 2.59. The number of piperidine rings is 1. The van der Waals surface area contributed by atoms with Gasteiger partial charge in [0, 0.05) is 13.0 Å². The lowest BCUT2D eigenvalue weighted by molar-refractivity contribution is -0.401. The molecule has 1 amide bonds. The molecule has 2 aliphatic heterocycles. The summed E-state index contributed by atoms with van der Waals surface area (Å²) >= 11 is 0. The zero-order valence-corrected chi connectivity index (χ0v) is 18.7. The number of ether oxygens (including phenoxy) is 4. The topological polar surface area (TPSA) is 57.2 Å². The molecule has 0 aromatic rings. The molecule has 1 saturated carbocycles. The molecule has 3 aliphatic rings. The highest BCUT2D eigenvalue weighted by Gasteiger charge is 2.70. The van der Waals surface area contributed by atoms with Crippen LogP contribution in [0, 0.1) is 5.92 Å². The van der Waals surface area contributed by atoms with Gasteiger partial charge in [0.2, 0.25) is 0 Å². The fraction of sp³-hybridized carbons (Fsp3) is 0.952. The van der Waals surface area contributed by atoms with Crippen molar-refractivity contribution >= 4 is 6.09 Å². The Morgan fingerprint density at radius 3 is 2.11 bits per heavy atom. The Labute approximate surface area is 168 Å². The van der Waals surface area contributed by atoms with Gasteiger partial charge in [0.25, 0.3) is 0 Å². The first-order valence-electron chi connectivity index (χ1n) is 10.2. The Balaban J connectivity index is 2.00. The van der Waals surface area contributed by atoms with Gasteiger partial charge >= 0.3 is 6.09 Å². The van der Waals surface area contributed by atoms with E-state index in [1.165, 1.54) is 0 Å². The van der Waals surface area contributed by atoms with Crippen LogP contribution in [0.3, 0.4) is 0 Å². The van der Waals surface area contributed by atoms with Gasteiger partial charge < -0.3 is 18.9 Å². The summed E-state index contributed by atoms with van der Waals surface area (Å²) in [7, 11) is 1.57. The molecule has 0 aromatic heterocycles. The second kappa shape index (κ2) is 6.29. The molecule has 2 saturated heterocycles. The first kappa shape index (κ1) is 21.8. The normalized spacial score (nSPS) is 36.8. The van der Waals surface area contributed by atoms with E-state index in [0.29, 0.717) is 6.54 Å². The average molecular weight is 402 g/mol. The Morgan fingerprint density at radius 1 is 1.11 bits per heavy atom. The molecule has 1 aliphatic carbocycles. The maximum Gasteiger partial charge on any atom is 0.410 e.